The van der Waals surface area contributed by atoms with Gasteiger partial charge in [-0.1, -0.05) is 18.2 Å². The van der Waals surface area contributed by atoms with Crippen molar-refractivity contribution in [1.29, 1.82) is 5.26 Å². The maximum absolute atomic E-state index is 13.7. The fourth-order valence-electron chi connectivity index (χ4n) is 4.27. The highest BCUT2D eigenvalue weighted by atomic mass is 32.1. The van der Waals surface area contributed by atoms with Gasteiger partial charge in [-0.3, -0.25) is 14.2 Å². The van der Waals surface area contributed by atoms with Gasteiger partial charge >= 0.3 is 0 Å². The number of nitrogens with one attached hydrogen (secondary N) is 1. The molecule has 1 amide bonds. The molecule has 1 aromatic carbocycles. The summed E-state index contributed by atoms with van der Waals surface area (Å²) < 4.78 is 2.07. The van der Waals surface area contributed by atoms with Crippen LogP contribution in [0.1, 0.15) is 46.5 Å². The van der Waals surface area contributed by atoms with E-state index in [0.717, 1.165) is 37.8 Å². The monoisotopic (exact) mass is 462 g/mol. The van der Waals surface area contributed by atoms with Crippen molar-refractivity contribution >= 4 is 33.4 Å². The number of hydrogen-bond donors (Lipinski definition) is 2. The lowest BCUT2D eigenvalue weighted by Crippen LogP contribution is -2.45. The van der Waals surface area contributed by atoms with Crippen molar-refractivity contribution in [1.82, 2.24) is 14.9 Å². The number of anilines is 1. The van der Waals surface area contributed by atoms with Crippen molar-refractivity contribution in [2.75, 3.05) is 24.5 Å². The standard InChI is InChI=1S/C24H26N6O2S/c25-11-16-4-1-2-5-17(16)13-30-23(32)21-19(28-24(30)29-9-3-6-18(26)14-29)10-20(33-21)22(31)27-12-15-7-8-15/h1-2,4-5,10,15,18H,3,6-9,12-14,26H2,(H,27,31)/t18-/m1/s1. The first-order valence-electron chi connectivity index (χ1n) is 11.3. The van der Waals surface area contributed by atoms with Gasteiger partial charge in [0.05, 0.1) is 28.6 Å². The van der Waals surface area contributed by atoms with Gasteiger partial charge in [-0.25, -0.2) is 4.98 Å². The highest BCUT2D eigenvalue weighted by molar-refractivity contribution is 7.20. The Morgan fingerprint density at radius 1 is 1.30 bits per heavy atom. The van der Waals surface area contributed by atoms with E-state index in [-0.39, 0.29) is 24.1 Å². The number of amides is 1. The van der Waals surface area contributed by atoms with Gasteiger partial charge < -0.3 is 16.0 Å². The fourth-order valence-corrected chi connectivity index (χ4v) is 5.23. The summed E-state index contributed by atoms with van der Waals surface area (Å²) in [5.41, 5.74) is 7.82. The highest BCUT2D eigenvalue weighted by Crippen LogP contribution is 2.29. The van der Waals surface area contributed by atoms with Crippen molar-refractivity contribution in [3.63, 3.8) is 0 Å². The summed E-state index contributed by atoms with van der Waals surface area (Å²) in [6, 6.07) is 11.2. The van der Waals surface area contributed by atoms with Crippen LogP contribution in [-0.4, -0.2) is 41.1 Å². The molecule has 1 saturated heterocycles. The van der Waals surface area contributed by atoms with Gasteiger partial charge in [-0.15, -0.1) is 11.3 Å². The number of carbonyl (C=O) groups is 1. The third kappa shape index (κ3) is 4.49. The van der Waals surface area contributed by atoms with Gasteiger partial charge in [0.25, 0.3) is 11.5 Å². The Hall–Kier alpha value is -3.22. The van der Waals surface area contributed by atoms with Crippen molar-refractivity contribution in [3.05, 3.63) is 56.7 Å². The molecule has 1 aliphatic carbocycles. The van der Waals surface area contributed by atoms with Gasteiger partial charge in [0.1, 0.15) is 4.70 Å². The van der Waals surface area contributed by atoms with E-state index in [2.05, 4.69) is 16.3 Å². The summed E-state index contributed by atoms with van der Waals surface area (Å²) in [6.45, 7) is 2.27. The number of rotatable bonds is 6. The average molecular weight is 463 g/mol. The minimum absolute atomic E-state index is 0.0115. The largest absolute Gasteiger partial charge is 0.351 e. The van der Waals surface area contributed by atoms with Crippen LogP contribution in [0.4, 0.5) is 5.95 Å². The minimum atomic E-state index is -0.201. The third-order valence-corrected chi connectivity index (χ3v) is 7.40. The van der Waals surface area contributed by atoms with Crippen LogP contribution in [-0.2, 0) is 6.54 Å². The van der Waals surface area contributed by atoms with Crippen LogP contribution in [0.5, 0.6) is 0 Å². The van der Waals surface area contributed by atoms with E-state index < -0.39 is 0 Å². The molecule has 33 heavy (non-hydrogen) atoms. The van der Waals surface area contributed by atoms with Crippen LogP contribution < -0.4 is 21.5 Å². The van der Waals surface area contributed by atoms with Gasteiger partial charge in [0.2, 0.25) is 5.95 Å². The first kappa shape index (κ1) is 21.6. The van der Waals surface area contributed by atoms with Crippen molar-refractivity contribution in [2.45, 2.75) is 38.3 Å². The molecule has 3 aromatic rings. The zero-order chi connectivity index (χ0) is 22.9. The molecule has 9 heteroatoms. The summed E-state index contributed by atoms with van der Waals surface area (Å²) in [4.78, 5) is 33.7. The quantitative estimate of drug-likeness (QED) is 0.581. The molecule has 2 aromatic heterocycles. The second kappa shape index (κ2) is 8.96. The van der Waals surface area contributed by atoms with E-state index in [1.807, 2.05) is 18.2 Å². The van der Waals surface area contributed by atoms with Crippen LogP contribution >= 0.6 is 11.3 Å². The second-order valence-electron chi connectivity index (χ2n) is 8.90. The Labute approximate surface area is 195 Å². The van der Waals surface area contributed by atoms with Gasteiger partial charge in [-0.05, 0) is 49.3 Å². The Kier molecular flexibility index (Phi) is 5.87. The lowest BCUT2D eigenvalue weighted by Gasteiger charge is -2.33. The number of nitrogens with two attached hydrogens (primary N) is 1. The van der Waals surface area contributed by atoms with Gasteiger partial charge in [0.15, 0.2) is 0 Å². The van der Waals surface area contributed by atoms with E-state index in [9.17, 15) is 14.9 Å². The molecule has 1 aliphatic heterocycles. The molecule has 1 saturated carbocycles. The molecule has 2 fully saturated rings. The minimum Gasteiger partial charge on any atom is -0.351 e. The van der Waals surface area contributed by atoms with E-state index in [1.54, 1.807) is 16.7 Å². The molecule has 3 N–H and O–H groups in total. The number of piperidine rings is 1. The summed E-state index contributed by atoms with van der Waals surface area (Å²) in [5.74, 6) is 0.958. The molecule has 0 spiro atoms. The molecule has 1 atom stereocenters. The van der Waals surface area contributed by atoms with E-state index >= 15 is 0 Å². The Morgan fingerprint density at radius 2 is 2.12 bits per heavy atom. The summed E-state index contributed by atoms with van der Waals surface area (Å²) in [6.07, 6.45) is 4.17. The number of nitriles is 1. The van der Waals surface area contributed by atoms with Crippen LogP contribution in [0.15, 0.2) is 35.1 Å². The predicted octanol–water partition coefficient (Wildman–Crippen LogP) is 2.45. The summed E-state index contributed by atoms with van der Waals surface area (Å²) in [5, 5.41) is 12.5. The smallest absolute Gasteiger partial charge is 0.273 e. The number of fused-ring (bicyclic) bond motifs is 1. The molecule has 2 aliphatic rings. The number of aromatic nitrogens is 2. The highest BCUT2D eigenvalue weighted by Gasteiger charge is 2.26. The molecule has 5 rings (SSSR count). The van der Waals surface area contributed by atoms with Crippen LogP contribution in [0, 0.1) is 17.2 Å². The fraction of sp³-hybridized carbons (Fsp3) is 0.417. The molecule has 170 valence electrons. The lowest BCUT2D eigenvalue weighted by atomic mass is 10.1. The maximum Gasteiger partial charge on any atom is 0.273 e. The Morgan fingerprint density at radius 3 is 2.88 bits per heavy atom. The molecular formula is C24H26N6O2S. The predicted molar refractivity (Wildman–Crippen MR) is 129 cm³/mol. The molecule has 0 radical (unpaired) electrons. The number of benzene rings is 1. The van der Waals surface area contributed by atoms with Gasteiger partial charge in [-0.2, -0.15) is 5.26 Å². The van der Waals surface area contributed by atoms with E-state index in [0.29, 0.717) is 45.6 Å². The average Bonchev–Trinajstić information content (AvgIpc) is 3.55. The molecular weight excluding hydrogens is 436 g/mol. The summed E-state index contributed by atoms with van der Waals surface area (Å²) in [7, 11) is 0. The molecule has 3 heterocycles. The first-order valence-corrected chi connectivity index (χ1v) is 12.2. The van der Waals surface area contributed by atoms with Crippen LogP contribution in [0.2, 0.25) is 0 Å². The lowest BCUT2D eigenvalue weighted by molar-refractivity contribution is 0.0956. The number of thiophene rings is 1. The van der Waals surface area contributed by atoms with Crippen molar-refractivity contribution in [3.8, 4) is 6.07 Å². The third-order valence-electron chi connectivity index (χ3n) is 6.29. The second-order valence-corrected chi connectivity index (χ2v) is 9.95. The first-order chi connectivity index (χ1) is 16.0. The van der Waals surface area contributed by atoms with E-state index in [4.69, 9.17) is 10.7 Å². The number of hydrogen-bond acceptors (Lipinski definition) is 7. The van der Waals surface area contributed by atoms with Crippen molar-refractivity contribution in [2.24, 2.45) is 11.7 Å². The molecule has 0 bridgehead atoms. The zero-order valence-corrected chi connectivity index (χ0v) is 19.1. The normalized spacial score (nSPS) is 18.3. The Balaban J connectivity index is 1.58. The van der Waals surface area contributed by atoms with Crippen molar-refractivity contribution < 1.29 is 4.79 Å². The molecule has 0 unspecified atom stereocenters. The molecule has 8 nitrogen and oxygen atoms in total. The van der Waals surface area contributed by atoms with E-state index in [1.165, 1.54) is 11.3 Å². The van der Waals surface area contributed by atoms with Crippen LogP contribution in [0.25, 0.3) is 10.2 Å². The maximum atomic E-state index is 13.7. The Bertz CT molecular complexity index is 1300. The van der Waals surface area contributed by atoms with Crippen LogP contribution in [0.3, 0.4) is 0 Å². The number of nitrogens with zero attached hydrogens (tertiary/aromatic N) is 4. The zero-order valence-electron chi connectivity index (χ0n) is 18.3. The van der Waals surface area contributed by atoms with Gasteiger partial charge in [0, 0.05) is 25.7 Å². The SMILES string of the molecule is N#Cc1ccccc1Cn1c(N2CCC[C@@H](N)C2)nc2cc(C(=O)NCC3CC3)sc2c1=O. The number of carbonyl (C=O) groups excluding carboxylic acids is 1. The summed E-state index contributed by atoms with van der Waals surface area (Å²) >= 11 is 1.18. The topological polar surface area (TPSA) is 117 Å².